The van der Waals surface area contributed by atoms with Gasteiger partial charge in [-0.1, -0.05) is 0 Å². The Labute approximate surface area is 36.2 Å². The Kier molecular flexibility index (Phi) is 7.55. The summed E-state index contributed by atoms with van der Waals surface area (Å²) in [5.41, 5.74) is 4.68. The zero-order valence-corrected chi connectivity index (χ0v) is 3.79. The van der Waals surface area contributed by atoms with Crippen LogP contribution in [-0.4, -0.2) is 11.0 Å². The van der Waals surface area contributed by atoms with Crippen LogP contribution >= 0.6 is 11.6 Å². The van der Waals surface area contributed by atoms with Crippen LogP contribution in [0.15, 0.2) is 0 Å². The van der Waals surface area contributed by atoms with Crippen molar-refractivity contribution in [3.05, 3.63) is 0 Å². The van der Waals surface area contributed by atoms with E-state index < -0.39 is 0 Å². The van der Waals surface area contributed by atoms with E-state index in [9.17, 15) is 0 Å². The fourth-order valence-electron chi connectivity index (χ4n) is 0. The molecule has 0 heterocycles. The molecule has 1 atom stereocenters. The average Bonchev–Trinajstić information content (AvgIpc) is 0.811. The molecule has 0 aliphatic carbocycles. The van der Waals surface area contributed by atoms with Crippen LogP contribution in [0.25, 0.3) is 0 Å². The summed E-state index contributed by atoms with van der Waals surface area (Å²) in [5, 5.41) is 0. The van der Waals surface area contributed by atoms with E-state index in [2.05, 4.69) is 0 Å². The van der Waals surface area contributed by atoms with Gasteiger partial charge in [-0.05, 0) is 6.92 Å². The molecule has 34 valence electrons. The van der Waals surface area contributed by atoms with Gasteiger partial charge in [0.25, 0.3) is 0 Å². The summed E-state index contributed by atoms with van der Waals surface area (Å²) in [6, 6.07) is 0. The SMILES string of the molecule is CC(N)Cl.O. The third-order valence-corrected chi connectivity index (χ3v) is 0. The van der Waals surface area contributed by atoms with E-state index in [4.69, 9.17) is 17.3 Å². The lowest BCUT2D eigenvalue weighted by Crippen LogP contribution is -2.03. The maximum atomic E-state index is 5.05. The summed E-state index contributed by atoms with van der Waals surface area (Å²) in [4.78, 5) is 0. The van der Waals surface area contributed by atoms with E-state index in [0.29, 0.717) is 0 Å². The molecule has 0 saturated heterocycles. The lowest BCUT2D eigenvalue weighted by atomic mass is 10.8. The van der Waals surface area contributed by atoms with Gasteiger partial charge in [0.2, 0.25) is 0 Å². The van der Waals surface area contributed by atoms with Gasteiger partial charge in [0.1, 0.15) is 0 Å². The molecule has 0 aliphatic heterocycles. The van der Waals surface area contributed by atoms with Crippen LogP contribution in [0, 0.1) is 0 Å². The van der Waals surface area contributed by atoms with Crippen molar-refractivity contribution in [3.8, 4) is 0 Å². The van der Waals surface area contributed by atoms with Crippen molar-refractivity contribution in [2.45, 2.75) is 12.4 Å². The third kappa shape index (κ3) is 466. The maximum Gasteiger partial charge on any atom is 0.0771 e. The summed E-state index contributed by atoms with van der Waals surface area (Å²) in [6.45, 7) is 1.71. The Morgan fingerprint density at radius 3 is 1.80 bits per heavy atom. The molecule has 0 spiro atoms. The quantitative estimate of drug-likeness (QED) is 0.328. The zero-order chi connectivity index (χ0) is 3.58. The number of hydrogen-bond donors (Lipinski definition) is 1. The predicted octanol–water partition coefficient (Wildman–Crippen LogP) is -0.295. The molecule has 0 aromatic carbocycles. The molecule has 4 N–H and O–H groups in total. The Hall–Kier alpha value is 0.210. The van der Waals surface area contributed by atoms with E-state index in [0.717, 1.165) is 0 Å². The predicted molar refractivity (Wildman–Crippen MR) is 23.1 cm³/mol. The van der Waals surface area contributed by atoms with Crippen molar-refractivity contribution >= 4 is 11.6 Å². The highest BCUT2D eigenvalue weighted by molar-refractivity contribution is 6.19. The van der Waals surface area contributed by atoms with Crippen LogP contribution in [0.2, 0.25) is 0 Å². The first-order chi connectivity index (χ1) is 1.73. The summed E-state index contributed by atoms with van der Waals surface area (Å²) in [6.07, 6.45) is 0. The van der Waals surface area contributed by atoms with Gasteiger partial charge >= 0.3 is 0 Å². The standard InChI is InChI=1S/C2H6ClN.H2O/c1-2(3)4;/h2H,4H2,1H3;1H2. The van der Waals surface area contributed by atoms with Crippen LogP contribution in [0.5, 0.6) is 0 Å². The molecule has 0 saturated carbocycles. The van der Waals surface area contributed by atoms with Gasteiger partial charge in [-0.15, -0.1) is 11.6 Å². The molecule has 1 unspecified atom stereocenters. The Morgan fingerprint density at radius 2 is 1.80 bits per heavy atom. The molecule has 0 aliphatic rings. The molecule has 3 heteroatoms. The Balaban J connectivity index is 0. The molecule has 0 radical (unpaired) electrons. The molecule has 0 rings (SSSR count). The Morgan fingerprint density at radius 1 is 1.80 bits per heavy atom. The summed E-state index contributed by atoms with van der Waals surface area (Å²) >= 11 is 5.05. The molecule has 0 aromatic heterocycles. The van der Waals surface area contributed by atoms with Gasteiger partial charge in [0.05, 0.1) is 5.50 Å². The van der Waals surface area contributed by atoms with E-state index in [1.54, 1.807) is 6.92 Å². The van der Waals surface area contributed by atoms with Gasteiger partial charge in [-0.25, -0.2) is 0 Å². The maximum absolute atomic E-state index is 5.05. The van der Waals surface area contributed by atoms with Gasteiger partial charge < -0.3 is 11.2 Å². The van der Waals surface area contributed by atoms with Crippen LogP contribution in [0.4, 0.5) is 0 Å². The van der Waals surface area contributed by atoms with Crippen LogP contribution < -0.4 is 5.73 Å². The summed E-state index contributed by atoms with van der Waals surface area (Å²) in [7, 11) is 0. The smallest absolute Gasteiger partial charge is 0.0771 e. The zero-order valence-electron chi connectivity index (χ0n) is 3.03. The van der Waals surface area contributed by atoms with Crippen molar-refractivity contribution in [1.82, 2.24) is 0 Å². The molecular weight excluding hydrogens is 89.5 g/mol. The lowest BCUT2D eigenvalue weighted by Gasteiger charge is -1.78. The van der Waals surface area contributed by atoms with E-state index in [-0.39, 0.29) is 11.0 Å². The Bertz CT molecular complexity index is 14.4. The number of rotatable bonds is 0. The van der Waals surface area contributed by atoms with Crippen LogP contribution in [0.3, 0.4) is 0 Å². The first-order valence-electron chi connectivity index (χ1n) is 1.13. The van der Waals surface area contributed by atoms with Gasteiger partial charge in [-0.3, -0.25) is 0 Å². The highest BCUT2D eigenvalue weighted by Gasteiger charge is 1.70. The van der Waals surface area contributed by atoms with Crippen molar-refractivity contribution in [1.29, 1.82) is 0 Å². The van der Waals surface area contributed by atoms with Crippen molar-refractivity contribution < 1.29 is 5.48 Å². The second-order valence-electron chi connectivity index (χ2n) is 0.678. The molecule has 0 amide bonds. The first-order valence-corrected chi connectivity index (χ1v) is 1.57. The van der Waals surface area contributed by atoms with Gasteiger partial charge in [-0.2, -0.15) is 0 Å². The fourth-order valence-corrected chi connectivity index (χ4v) is 0. The van der Waals surface area contributed by atoms with Crippen LogP contribution in [0.1, 0.15) is 6.92 Å². The second-order valence-corrected chi connectivity index (χ2v) is 1.37. The lowest BCUT2D eigenvalue weighted by molar-refractivity contribution is 0.824. The molecule has 2 nitrogen and oxygen atoms in total. The van der Waals surface area contributed by atoms with E-state index >= 15 is 0 Å². The topological polar surface area (TPSA) is 57.5 Å². The average molecular weight is 97.5 g/mol. The van der Waals surface area contributed by atoms with Gasteiger partial charge in [0.15, 0.2) is 0 Å². The van der Waals surface area contributed by atoms with Crippen molar-refractivity contribution in [2.24, 2.45) is 5.73 Å². The largest absolute Gasteiger partial charge is 0.412 e. The monoisotopic (exact) mass is 97.0 g/mol. The summed E-state index contributed by atoms with van der Waals surface area (Å²) < 4.78 is 0. The molecule has 0 bridgehead atoms. The molecule has 0 aromatic rings. The minimum absolute atomic E-state index is 0. The first kappa shape index (κ1) is 8.96. The highest BCUT2D eigenvalue weighted by Crippen LogP contribution is 1.74. The third-order valence-electron chi connectivity index (χ3n) is 0. The number of hydrogen-bond acceptors (Lipinski definition) is 1. The number of nitrogens with two attached hydrogens (primary N) is 1. The number of alkyl halides is 1. The summed E-state index contributed by atoms with van der Waals surface area (Å²) in [5.74, 6) is 0. The normalized spacial score (nSPS) is 12.6. The molecule has 0 fully saturated rings. The second kappa shape index (κ2) is 4.21. The van der Waals surface area contributed by atoms with Gasteiger partial charge in [0, 0.05) is 0 Å². The molecular formula is C2H8ClNO. The highest BCUT2D eigenvalue weighted by atomic mass is 35.5. The minimum atomic E-state index is -0.194. The fraction of sp³-hybridized carbons (Fsp3) is 1.00. The van der Waals surface area contributed by atoms with E-state index in [1.807, 2.05) is 0 Å². The minimum Gasteiger partial charge on any atom is -0.412 e. The molecule has 5 heavy (non-hydrogen) atoms. The van der Waals surface area contributed by atoms with Crippen LogP contribution in [-0.2, 0) is 0 Å². The van der Waals surface area contributed by atoms with Crippen molar-refractivity contribution in [2.75, 3.05) is 0 Å². The van der Waals surface area contributed by atoms with Crippen molar-refractivity contribution in [3.63, 3.8) is 0 Å². The number of halogens is 1. The van der Waals surface area contributed by atoms with E-state index in [1.165, 1.54) is 0 Å².